The molecule has 0 fully saturated rings. The second kappa shape index (κ2) is 7.45. The van der Waals surface area contributed by atoms with E-state index in [0.29, 0.717) is 31.4 Å². The number of carbonyl (C=O) groups is 2. The van der Waals surface area contributed by atoms with Crippen molar-refractivity contribution in [2.24, 2.45) is 11.5 Å². The van der Waals surface area contributed by atoms with Crippen LogP contribution in [0.1, 0.15) is 29.6 Å². The Labute approximate surface area is 106 Å². The summed E-state index contributed by atoms with van der Waals surface area (Å²) in [5, 5.41) is 0. The van der Waals surface area contributed by atoms with Crippen LogP contribution in [-0.4, -0.2) is 24.5 Å². The van der Waals surface area contributed by atoms with Crippen LogP contribution in [-0.2, 0) is 9.53 Å². The Morgan fingerprint density at radius 2 is 1.83 bits per heavy atom. The Kier molecular flexibility index (Phi) is 5.87. The maximum atomic E-state index is 11.5. The van der Waals surface area contributed by atoms with Crippen LogP contribution < -0.4 is 11.5 Å². The average Bonchev–Trinajstić information content (AvgIpc) is 2.38. The topological polar surface area (TPSA) is 95.4 Å². The number of rotatable bonds is 7. The minimum Gasteiger partial charge on any atom is -0.462 e. The molecule has 4 N–H and O–H groups in total. The lowest BCUT2D eigenvalue weighted by atomic mass is 10.1. The molecule has 0 aliphatic rings. The predicted octanol–water partition coefficient (Wildman–Crippen LogP) is 0.826. The summed E-state index contributed by atoms with van der Waals surface area (Å²) >= 11 is 0. The number of amides is 1. The molecule has 0 radical (unpaired) electrons. The van der Waals surface area contributed by atoms with Crippen LogP contribution in [0.5, 0.6) is 0 Å². The zero-order valence-electron chi connectivity index (χ0n) is 10.2. The quantitative estimate of drug-likeness (QED) is 0.553. The standard InChI is InChI=1S/C13H18N2O3/c14-11(12(15)16)8-4-5-9-18-13(17)10-6-2-1-3-7-10/h1-3,6-7,11H,4-5,8-9,14H2,(H2,15,16)/t11-/m0/s1. The van der Waals surface area contributed by atoms with E-state index in [-0.39, 0.29) is 5.97 Å². The third-order valence-corrected chi connectivity index (χ3v) is 2.52. The molecular weight excluding hydrogens is 232 g/mol. The van der Waals surface area contributed by atoms with Crippen molar-refractivity contribution in [1.82, 2.24) is 0 Å². The minimum absolute atomic E-state index is 0.319. The summed E-state index contributed by atoms with van der Waals surface area (Å²) in [6.45, 7) is 0.319. The van der Waals surface area contributed by atoms with Gasteiger partial charge in [-0.2, -0.15) is 0 Å². The van der Waals surface area contributed by atoms with Crippen LogP contribution >= 0.6 is 0 Å². The van der Waals surface area contributed by atoms with E-state index < -0.39 is 11.9 Å². The van der Waals surface area contributed by atoms with Gasteiger partial charge in [0.15, 0.2) is 0 Å². The number of nitrogens with two attached hydrogens (primary N) is 2. The lowest BCUT2D eigenvalue weighted by Gasteiger charge is -2.07. The van der Waals surface area contributed by atoms with E-state index in [2.05, 4.69) is 0 Å². The molecule has 1 rings (SSSR count). The summed E-state index contributed by atoms with van der Waals surface area (Å²) in [6, 6.07) is 8.18. The van der Waals surface area contributed by atoms with Gasteiger partial charge in [-0.25, -0.2) is 4.79 Å². The Balaban J connectivity index is 2.15. The fourth-order valence-electron chi connectivity index (χ4n) is 1.43. The lowest BCUT2D eigenvalue weighted by molar-refractivity contribution is -0.119. The monoisotopic (exact) mass is 250 g/mol. The number of unbranched alkanes of at least 4 members (excludes halogenated alkanes) is 1. The second-order valence-electron chi connectivity index (χ2n) is 4.01. The van der Waals surface area contributed by atoms with Gasteiger partial charge >= 0.3 is 5.97 Å². The fraction of sp³-hybridized carbons (Fsp3) is 0.385. The van der Waals surface area contributed by atoms with Gasteiger partial charge in [0.05, 0.1) is 18.2 Å². The molecule has 0 spiro atoms. The van der Waals surface area contributed by atoms with Gasteiger partial charge in [0.2, 0.25) is 5.91 Å². The molecule has 1 atom stereocenters. The molecule has 0 aromatic heterocycles. The second-order valence-corrected chi connectivity index (χ2v) is 4.01. The van der Waals surface area contributed by atoms with Crippen molar-refractivity contribution in [3.05, 3.63) is 35.9 Å². The van der Waals surface area contributed by atoms with E-state index in [1.807, 2.05) is 6.07 Å². The first-order valence-electron chi connectivity index (χ1n) is 5.88. The summed E-state index contributed by atoms with van der Waals surface area (Å²) in [6.07, 6.45) is 1.88. The van der Waals surface area contributed by atoms with Crippen LogP contribution in [0.25, 0.3) is 0 Å². The molecule has 0 unspecified atom stereocenters. The first kappa shape index (κ1) is 14.2. The molecule has 0 heterocycles. The molecule has 18 heavy (non-hydrogen) atoms. The van der Waals surface area contributed by atoms with E-state index in [1.165, 1.54) is 0 Å². The number of carbonyl (C=O) groups excluding carboxylic acids is 2. The average molecular weight is 250 g/mol. The Morgan fingerprint density at radius 3 is 2.44 bits per heavy atom. The largest absolute Gasteiger partial charge is 0.462 e. The molecule has 1 aromatic carbocycles. The number of ether oxygens (including phenoxy) is 1. The van der Waals surface area contributed by atoms with Crippen molar-refractivity contribution in [1.29, 1.82) is 0 Å². The summed E-state index contributed by atoms with van der Waals surface area (Å²) < 4.78 is 5.07. The van der Waals surface area contributed by atoms with Gasteiger partial charge in [-0.1, -0.05) is 18.2 Å². The van der Waals surface area contributed by atoms with Gasteiger partial charge < -0.3 is 16.2 Å². The van der Waals surface area contributed by atoms with Crippen molar-refractivity contribution >= 4 is 11.9 Å². The van der Waals surface area contributed by atoms with Crippen molar-refractivity contribution in [3.63, 3.8) is 0 Å². The van der Waals surface area contributed by atoms with E-state index in [0.717, 1.165) is 0 Å². The molecule has 0 saturated heterocycles. The van der Waals surface area contributed by atoms with E-state index in [1.54, 1.807) is 24.3 Å². The van der Waals surface area contributed by atoms with E-state index in [4.69, 9.17) is 16.2 Å². The summed E-state index contributed by atoms with van der Waals surface area (Å²) in [4.78, 5) is 22.2. The van der Waals surface area contributed by atoms with Crippen LogP contribution in [0.15, 0.2) is 30.3 Å². The van der Waals surface area contributed by atoms with Crippen molar-refractivity contribution < 1.29 is 14.3 Å². The van der Waals surface area contributed by atoms with Crippen LogP contribution in [0.2, 0.25) is 0 Å². The highest BCUT2D eigenvalue weighted by Gasteiger charge is 2.09. The third-order valence-electron chi connectivity index (χ3n) is 2.52. The fourth-order valence-corrected chi connectivity index (χ4v) is 1.43. The zero-order valence-corrected chi connectivity index (χ0v) is 10.2. The molecule has 0 aliphatic carbocycles. The highest BCUT2D eigenvalue weighted by molar-refractivity contribution is 5.89. The van der Waals surface area contributed by atoms with Gasteiger partial charge in [0, 0.05) is 0 Å². The normalized spacial score (nSPS) is 11.8. The minimum atomic E-state index is -0.616. The zero-order chi connectivity index (χ0) is 13.4. The van der Waals surface area contributed by atoms with Crippen molar-refractivity contribution in [2.45, 2.75) is 25.3 Å². The molecule has 98 valence electrons. The smallest absolute Gasteiger partial charge is 0.338 e. The van der Waals surface area contributed by atoms with E-state index in [9.17, 15) is 9.59 Å². The maximum absolute atomic E-state index is 11.5. The lowest BCUT2D eigenvalue weighted by Crippen LogP contribution is -2.36. The van der Waals surface area contributed by atoms with Gasteiger partial charge in [-0.3, -0.25) is 4.79 Å². The number of benzene rings is 1. The summed E-state index contributed by atoms with van der Waals surface area (Å²) in [5.74, 6) is -0.842. The first-order chi connectivity index (χ1) is 8.61. The molecule has 5 nitrogen and oxygen atoms in total. The van der Waals surface area contributed by atoms with Crippen molar-refractivity contribution in [2.75, 3.05) is 6.61 Å². The molecule has 0 aliphatic heterocycles. The molecule has 1 amide bonds. The highest BCUT2D eigenvalue weighted by Crippen LogP contribution is 2.03. The van der Waals surface area contributed by atoms with Gasteiger partial charge in [0.25, 0.3) is 0 Å². The van der Waals surface area contributed by atoms with Crippen LogP contribution in [0, 0.1) is 0 Å². The Morgan fingerprint density at radius 1 is 1.17 bits per heavy atom. The summed E-state index contributed by atoms with van der Waals surface area (Å²) in [7, 11) is 0. The Bertz CT molecular complexity index is 392. The molecule has 5 heteroatoms. The van der Waals surface area contributed by atoms with Gasteiger partial charge in [-0.05, 0) is 31.4 Å². The number of hydrogen-bond acceptors (Lipinski definition) is 4. The molecular formula is C13H18N2O3. The molecule has 0 bridgehead atoms. The van der Waals surface area contributed by atoms with Crippen LogP contribution in [0.4, 0.5) is 0 Å². The number of esters is 1. The number of hydrogen-bond donors (Lipinski definition) is 2. The molecule has 0 saturated carbocycles. The molecule has 1 aromatic rings. The van der Waals surface area contributed by atoms with Crippen molar-refractivity contribution in [3.8, 4) is 0 Å². The predicted molar refractivity (Wildman–Crippen MR) is 67.7 cm³/mol. The van der Waals surface area contributed by atoms with Gasteiger partial charge in [0.1, 0.15) is 0 Å². The Hall–Kier alpha value is -1.88. The van der Waals surface area contributed by atoms with Crippen LogP contribution in [0.3, 0.4) is 0 Å². The third kappa shape index (κ3) is 4.97. The SMILES string of the molecule is NC(=O)[C@@H](N)CCCCOC(=O)c1ccccc1. The summed E-state index contributed by atoms with van der Waals surface area (Å²) in [5.41, 5.74) is 11.0. The number of primary amides is 1. The maximum Gasteiger partial charge on any atom is 0.338 e. The van der Waals surface area contributed by atoms with Gasteiger partial charge in [-0.15, -0.1) is 0 Å². The highest BCUT2D eigenvalue weighted by atomic mass is 16.5. The van der Waals surface area contributed by atoms with E-state index >= 15 is 0 Å². The first-order valence-corrected chi connectivity index (χ1v) is 5.88.